The standard InChI is InChI=1S/C12H22BrNO2/c1-10-6-7-11(16-10)12(15)14-9-5-3-2-4-8-13/h10-11H,2-9H2,1H3,(H,14,15). The number of rotatable bonds is 7. The number of carbonyl (C=O) groups is 1. The molecular formula is C12H22BrNO2. The number of hydrogen-bond acceptors (Lipinski definition) is 2. The van der Waals surface area contributed by atoms with Crippen molar-refractivity contribution in [3.63, 3.8) is 0 Å². The monoisotopic (exact) mass is 291 g/mol. The third-order valence-corrected chi connectivity index (χ3v) is 3.44. The van der Waals surface area contributed by atoms with Crippen molar-refractivity contribution in [3.05, 3.63) is 0 Å². The van der Waals surface area contributed by atoms with Crippen molar-refractivity contribution in [1.82, 2.24) is 5.32 Å². The molecule has 0 bridgehead atoms. The predicted octanol–water partition coefficient (Wildman–Crippen LogP) is 2.63. The van der Waals surface area contributed by atoms with E-state index in [4.69, 9.17) is 4.74 Å². The Balaban J connectivity index is 1.98. The third-order valence-electron chi connectivity index (χ3n) is 2.88. The van der Waals surface area contributed by atoms with Crippen LogP contribution in [-0.4, -0.2) is 30.0 Å². The van der Waals surface area contributed by atoms with Gasteiger partial charge in [-0.25, -0.2) is 0 Å². The molecule has 0 aliphatic carbocycles. The highest BCUT2D eigenvalue weighted by molar-refractivity contribution is 9.09. The zero-order chi connectivity index (χ0) is 11.8. The summed E-state index contributed by atoms with van der Waals surface area (Å²) in [4.78, 5) is 11.6. The van der Waals surface area contributed by atoms with Gasteiger partial charge in [-0.15, -0.1) is 0 Å². The Morgan fingerprint density at radius 1 is 1.31 bits per heavy atom. The molecule has 1 aliphatic rings. The number of nitrogens with one attached hydrogen (secondary N) is 1. The predicted molar refractivity (Wildman–Crippen MR) is 68.8 cm³/mol. The van der Waals surface area contributed by atoms with Crippen molar-refractivity contribution in [2.24, 2.45) is 0 Å². The normalized spacial score (nSPS) is 24.6. The fourth-order valence-electron chi connectivity index (χ4n) is 1.89. The number of carbonyl (C=O) groups excluding carboxylic acids is 1. The molecule has 1 aliphatic heterocycles. The second-order valence-electron chi connectivity index (χ2n) is 4.41. The third kappa shape index (κ3) is 5.30. The first-order valence-corrected chi connectivity index (χ1v) is 7.35. The first-order chi connectivity index (χ1) is 7.74. The molecule has 0 saturated carbocycles. The SMILES string of the molecule is CC1CCC(C(=O)NCCCCCCBr)O1. The van der Waals surface area contributed by atoms with E-state index in [0.717, 1.165) is 31.1 Å². The van der Waals surface area contributed by atoms with Crippen LogP contribution in [0.2, 0.25) is 0 Å². The van der Waals surface area contributed by atoms with Crippen molar-refractivity contribution < 1.29 is 9.53 Å². The Bertz CT molecular complexity index is 211. The van der Waals surface area contributed by atoms with Gasteiger partial charge in [0.15, 0.2) is 0 Å². The van der Waals surface area contributed by atoms with Crippen molar-refractivity contribution in [1.29, 1.82) is 0 Å². The second-order valence-corrected chi connectivity index (χ2v) is 5.20. The van der Waals surface area contributed by atoms with Crippen LogP contribution in [0.1, 0.15) is 45.4 Å². The number of unbranched alkanes of at least 4 members (excludes halogenated alkanes) is 3. The summed E-state index contributed by atoms with van der Waals surface area (Å²) in [6.07, 6.45) is 6.64. The van der Waals surface area contributed by atoms with Crippen LogP contribution >= 0.6 is 15.9 Å². The first kappa shape index (κ1) is 14.0. The molecule has 1 heterocycles. The van der Waals surface area contributed by atoms with Crippen molar-refractivity contribution >= 4 is 21.8 Å². The van der Waals surface area contributed by atoms with Gasteiger partial charge in [0.05, 0.1) is 6.10 Å². The van der Waals surface area contributed by atoms with Gasteiger partial charge in [0.25, 0.3) is 0 Å². The first-order valence-electron chi connectivity index (χ1n) is 6.23. The minimum Gasteiger partial charge on any atom is -0.365 e. The molecule has 4 heteroatoms. The summed E-state index contributed by atoms with van der Waals surface area (Å²) < 4.78 is 5.50. The van der Waals surface area contributed by atoms with Gasteiger partial charge in [-0.3, -0.25) is 4.79 Å². The van der Waals surface area contributed by atoms with Gasteiger partial charge >= 0.3 is 0 Å². The van der Waals surface area contributed by atoms with E-state index in [1.165, 1.54) is 19.3 Å². The molecule has 1 rings (SSSR count). The number of hydrogen-bond donors (Lipinski definition) is 1. The largest absolute Gasteiger partial charge is 0.365 e. The van der Waals surface area contributed by atoms with Gasteiger partial charge in [0.1, 0.15) is 6.10 Å². The van der Waals surface area contributed by atoms with Gasteiger partial charge in [-0.05, 0) is 32.6 Å². The summed E-state index contributed by atoms with van der Waals surface area (Å²) >= 11 is 3.41. The average Bonchev–Trinajstić information content (AvgIpc) is 2.70. The van der Waals surface area contributed by atoms with E-state index in [9.17, 15) is 4.79 Å². The minimum atomic E-state index is -0.197. The second kappa shape index (κ2) is 8.07. The summed E-state index contributed by atoms with van der Waals surface area (Å²) in [5.41, 5.74) is 0. The van der Waals surface area contributed by atoms with Gasteiger partial charge in [0.2, 0.25) is 5.91 Å². The smallest absolute Gasteiger partial charge is 0.249 e. The molecule has 0 aromatic rings. The maximum absolute atomic E-state index is 11.6. The van der Waals surface area contributed by atoms with Crippen molar-refractivity contribution in [2.45, 2.75) is 57.7 Å². The highest BCUT2D eigenvalue weighted by Gasteiger charge is 2.27. The quantitative estimate of drug-likeness (QED) is 0.578. The molecule has 94 valence electrons. The summed E-state index contributed by atoms with van der Waals surface area (Å²) in [7, 11) is 0. The Kier molecular flexibility index (Phi) is 7.05. The van der Waals surface area contributed by atoms with E-state index in [2.05, 4.69) is 21.2 Å². The lowest BCUT2D eigenvalue weighted by Gasteiger charge is -2.11. The molecule has 1 fully saturated rings. The van der Waals surface area contributed by atoms with Crippen LogP contribution in [-0.2, 0) is 9.53 Å². The molecule has 16 heavy (non-hydrogen) atoms. The van der Waals surface area contributed by atoms with Gasteiger partial charge < -0.3 is 10.1 Å². The minimum absolute atomic E-state index is 0.0739. The molecular weight excluding hydrogens is 270 g/mol. The molecule has 1 N–H and O–H groups in total. The Morgan fingerprint density at radius 3 is 2.69 bits per heavy atom. The Hall–Kier alpha value is -0.0900. The van der Waals surface area contributed by atoms with E-state index in [1.54, 1.807) is 0 Å². The van der Waals surface area contributed by atoms with Crippen LogP contribution < -0.4 is 5.32 Å². The van der Waals surface area contributed by atoms with Crippen molar-refractivity contribution in [2.75, 3.05) is 11.9 Å². The molecule has 2 unspecified atom stereocenters. The summed E-state index contributed by atoms with van der Waals surface area (Å²) in [6.45, 7) is 2.81. The van der Waals surface area contributed by atoms with Crippen LogP contribution in [0.4, 0.5) is 0 Å². The average molecular weight is 292 g/mol. The van der Waals surface area contributed by atoms with Crippen LogP contribution in [0.15, 0.2) is 0 Å². The Labute approximate surface area is 106 Å². The number of halogens is 1. The van der Waals surface area contributed by atoms with Gasteiger partial charge in [0, 0.05) is 11.9 Å². The Morgan fingerprint density at radius 2 is 2.06 bits per heavy atom. The van der Waals surface area contributed by atoms with Gasteiger partial charge in [-0.2, -0.15) is 0 Å². The molecule has 0 aromatic heterocycles. The molecule has 1 amide bonds. The molecule has 0 radical (unpaired) electrons. The van der Waals surface area contributed by atoms with Gasteiger partial charge in [-0.1, -0.05) is 28.8 Å². The van der Waals surface area contributed by atoms with E-state index >= 15 is 0 Å². The lowest BCUT2D eigenvalue weighted by Crippen LogP contribution is -2.35. The summed E-state index contributed by atoms with van der Waals surface area (Å²) in [6, 6.07) is 0. The maximum atomic E-state index is 11.6. The van der Waals surface area contributed by atoms with E-state index in [0.29, 0.717) is 0 Å². The number of amides is 1. The molecule has 2 atom stereocenters. The van der Waals surface area contributed by atoms with E-state index in [1.807, 2.05) is 6.92 Å². The summed E-state index contributed by atoms with van der Waals surface area (Å²) in [5, 5.41) is 4.02. The molecule has 0 spiro atoms. The zero-order valence-electron chi connectivity index (χ0n) is 10.0. The van der Waals surface area contributed by atoms with E-state index in [-0.39, 0.29) is 18.1 Å². The van der Waals surface area contributed by atoms with Crippen LogP contribution in [0.5, 0.6) is 0 Å². The topological polar surface area (TPSA) is 38.3 Å². The zero-order valence-corrected chi connectivity index (χ0v) is 11.6. The lowest BCUT2D eigenvalue weighted by atomic mass is 10.2. The van der Waals surface area contributed by atoms with Crippen molar-refractivity contribution in [3.8, 4) is 0 Å². The fraction of sp³-hybridized carbons (Fsp3) is 0.917. The number of ether oxygens (including phenoxy) is 1. The van der Waals surface area contributed by atoms with Crippen LogP contribution in [0.3, 0.4) is 0 Å². The molecule has 0 aromatic carbocycles. The lowest BCUT2D eigenvalue weighted by molar-refractivity contribution is -0.131. The molecule has 3 nitrogen and oxygen atoms in total. The number of alkyl halides is 1. The molecule has 1 saturated heterocycles. The van der Waals surface area contributed by atoms with Crippen LogP contribution in [0.25, 0.3) is 0 Å². The summed E-state index contributed by atoms with van der Waals surface area (Å²) in [5.74, 6) is 0.0739. The highest BCUT2D eigenvalue weighted by atomic mass is 79.9. The fourth-order valence-corrected chi connectivity index (χ4v) is 2.29. The maximum Gasteiger partial charge on any atom is 0.249 e. The van der Waals surface area contributed by atoms with E-state index < -0.39 is 0 Å². The van der Waals surface area contributed by atoms with Crippen LogP contribution in [0, 0.1) is 0 Å². The highest BCUT2D eigenvalue weighted by Crippen LogP contribution is 2.18.